The fraction of sp³-hybridized carbons (Fsp3) is 0.316. The lowest BCUT2D eigenvalue weighted by atomic mass is 10.1. The van der Waals surface area contributed by atoms with Crippen LogP contribution in [0.15, 0.2) is 41.3 Å². The number of nitrogens with zero attached hydrogens (tertiary/aromatic N) is 3. The van der Waals surface area contributed by atoms with Crippen molar-refractivity contribution >= 4 is 17.7 Å². The molecular formula is C19H23N5OS. The second kappa shape index (κ2) is 8.23. The number of carbonyl (C=O) groups excluding carboxylic acids is 1. The number of rotatable bonds is 7. The third-order valence-corrected chi connectivity index (χ3v) is 5.30. The van der Waals surface area contributed by atoms with E-state index in [2.05, 4.69) is 32.7 Å². The number of thioether (sulfide) groups is 1. The van der Waals surface area contributed by atoms with E-state index in [1.165, 1.54) is 4.90 Å². The van der Waals surface area contributed by atoms with Gasteiger partial charge in [-0.1, -0.05) is 18.2 Å². The van der Waals surface area contributed by atoms with Crippen molar-refractivity contribution in [2.45, 2.75) is 25.2 Å². The zero-order valence-corrected chi connectivity index (χ0v) is 16.1. The lowest BCUT2D eigenvalue weighted by Gasteiger charge is -2.03. The maximum Gasteiger partial charge on any atom is 0.269 e. The first-order valence-corrected chi connectivity index (χ1v) is 9.57. The van der Waals surface area contributed by atoms with Gasteiger partial charge in [-0.05, 0) is 44.2 Å². The SMILES string of the molecule is Cc1nn(C)c(C)c1-c1cc(C(=O)NCCCSc2ccccc2)[nH]n1. The van der Waals surface area contributed by atoms with Crippen LogP contribution in [-0.2, 0) is 7.05 Å². The van der Waals surface area contributed by atoms with Crippen LogP contribution in [0.1, 0.15) is 28.3 Å². The van der Waals surface area contributed by atoms with Gasteiger partial charge in [0.25, 0.3) is 5.91 Å². The summed E-state index contributed by atoms with van der Waals surface area (Å²) in [6, 6.07) is 12.1. The topological polar surface area (TPSA) is 75.6 Å². The number of amides is 1. The van der Waals surface area contributed by atoms with E-state index < -0.39 is 0 Å². The summed E-state index contributed by atoms with van der Waals surface area (Å²) in [6.45, 7) is 4.58. The molecule has 0 aliphatic carbocycles. The van der Waals surface area contributed by atoms with Gasteiger partial charge < -0.3 is 5.32 Å². The lowest BCUT2D eigenvalue weighted by molar-refractivity contribution is 0.0949. The zero-order valence-electron chi connectivity index (χ0n) is 15.2. The van der Waals surface area contributed by atoms with Crippen LogP contribution >= 0.6 is 11.8 Å². The summed E-state index contributed by atoms with van der Waals surface area (Å²) in [7, 11) is 1.90. The van der Waals surface area contributed by atoms with E-state index in [4.69, 9.17) is 0 Å². The summed E-state index contributed by atoms with van der Waals surface area (Å²) in [4.78, 5) is 13.5. The van der Waals surface area contributed by atoms with E-state index in [1.54, 1.807) is 17.8 Å². The Hall–Kier alpha value is -2.54. The number of benzene rings is 1. The molecule has 2 heterocycles. The van der Waals surface area contributed by atoms with Crippen LogP contribution in [0.4, 0.5) is 0 Å². The molecule has 1 amide bonds. The van der Waals surface area contributed by atoms with Crippen molar-refractivity contribution in [2.24, 2.45) is 7.05 Å². The van der Waals surface area contributed by atoms with E-state index in [-0.39, 0.29) is 5.91 Å². The highest BCUT2D eigenvalue weighted by Crippen LogP contribution is 2.25. The van der Waals surface area contributed by atoms with Gasteiger partial charge in [0.1, 0.15) is 5.69 Å². The molecule has 0 atom stereocenters. The minimum atomic E-state index is -0.132. The van der Waals surface area contributed by atoms with Gasteiger partial charge in [0.2, 0.25) is 0 Å². The number of aromatic amines is 1. The molecule has 0 spiro atoms. The molecule has 2 N–H and O–H groups in total. The van der Waals surface area contributed by atoms with E-state index in [0.717, 1.165) is 34.8 Å². The fourth-order valence-electron chi connectivity index (χ4n) is 2.79. The standard InChI is InChI=1S/C19H23N5OS/c1-13-18(14(2)24(3)23-13)16-12-17(22-21-16)19(25)20-10-7-11-26-15-8-5-4-6-9-15/h4-6,8-9,12H,7,10-11H2,1-3H3,(H,20,25)(H,21,22). The van der Waals surface area contributed by atoms with Crippen LogP contribution in [0, 0.1) is 13.8 Å². The smallest absolute Gasteiger partial charge is 0.269 e. The minimum Gasteiger partial charge on any atom is -0.351 e. The molecule has 0 saturated heterocycles. The third-order valence-electron chi connectivity index (χ3n) is 4.21. The van der Waals surface area contributed by atoms with E-state index in [0.29, 0.717) is 12.2 Å². The Morgan fingerprint density at radius 2 is 2.04 bits per heavy atom. The number of aryl methyl sites for hydroxylation is 2. The Kier molecular flexibility index (Phi) is 5.78. The number of aromatic nitrogens is 4. The van der Waals surface area contributed by atoms with Crippen molar-refractivity contribution in [1.82, 2.24) is 25.3 Å². The Labute approximate surface area is 157 Å². The van der Waals surface area contributed by atoms with Crippen molar-refractivity contribution in [3.63, 3.8) is 0 Å². The largest absolute Gasteiger partial charge is 0.351 e. The number of hydrogen-bond acceptors (Lipinski definition) is 4. The average Bonchev–Trinajstić information content (AvgIpc) is 3.20. The highest BCUT2D eigenvalue weighted by atomic mass is 32.2. The molecule has 7 heteroatoms. The summed E-state index contributed by atoms with van der Waals surface area (Å²) in [5, 5.41) is 14.4. The Morgan fingerprint density at radius 3 is 2.73 bits per heavy atom. The molecule has 26 heavy (non-hydrogen) atoms. The maximum atomic E-state index is 12.3. The molecule has 0 unspecified atom stereocenters. The van der Waals surface area contributed by atoms with Crippen molar-refractivity contribution < 1.29 is 4.79 Å². The van der Waals surface area contributed by atoms with Gasteiger partial charge in [-0.15, -0.1) is 11.8 Å². The van der Waals surface area contributed by atoms with Crippen molar-refractivity contribution in [3.05, 3.63) is 53.5 Å². The molecule has 136 valence electrons. The molecular weight excluding hydrogens is 346 g/mol. The van der Waals surface area contributed by atoms with E-state index in [9.17, 15) is 4.79 Å². The molecule has 1 aromatic carbocycles. The summed E-state index contributed by atoms with van der Waals surface area (Å²) in [6.07, 6.45) is 0.910. The highest BCUT2D eigenvalue weighted by molar-refractivity contribution is 7.99. The van der Waals surface area contributed by atoms with Crippen LogP contribution in [0.25, 0.3) is 11.3 Å². The molecule has 0 aliphatic rings. The average molecular weight is 369 g/mol. The Morgan fingerprint density at radius 1 is 1.27 bits per heavy atom. The molecule has 0 aliphatic heterocycles. The Balaban J connectivity index is 1.50. The van der Waals surface area contributed by atoms with Gasteiger partial charge in [0.05, 0.1) is 11.4 Å². The van der Waals surface area contributed by atoms with Crippen LogP contribution in [0.3, 0.4) is 0 Å². The molecule has 0 saturated carbocycles. The van der Waals surface area contributed by atoms with Gasteiger partial charge in [-0.25, -0.2) is 0 Å². The van der Waals surface area contributed by atoms with Crippen LogP contribution in [0.5, 0.6) is 0 Å². The summed E-state index contributed by atoms with van der Waals surface area (Å²) < 4.78 is 1.82. The lowest BCUT2D eigenvalue weighted by Crippen LogP contribution is -2.25. The van der Waals surface area contributed by atoms with Crippen LogP contribution in [0.2, 0.25) is 0 Å². The summed E-state index contributed by atoms with van der Waals surface area (Å²) >= 11 is 1.79. The predicted octanol–water partition coefficient (Wildman–Crippen LogP) is 3.34. The van der Waals surface area contributed by atoms with Crippen molar-refractivity contribution in [3.8, 4) is 11.3 Å². The highest BCUT2D eigenvalue weighted by Gasteiger charge is 2.16. The van der Waals surface area contributed by atoms with Gasteiger partial charge >= 0.3 is 0 Å². The van der Waals surface area contributed by atoms with Crippen molar-refractivity contribution in [1.29, 1.82) is 0 Å². The molecule has 0 fully saturated rings. The monoisotopic (exact) mass is 369 g/mol. The molecule has 0 bridgehead atoms. The molecule has 6 nitrogen and oxygen atoms in total. The molecule has 2 aromatic heterocycles. The van der Waals surface area contributed by atoms with E-state index >= 15 is 0 Å². The third kappa shape index (κ3) is 4.16. The first-order valence-electron chi connectivity index (χ1n) is 8.58. The number of hydrogen-bond donors (Lipinski definition) is 2. The zero-order chi connectivity index (χ0) is 18.5. The Bertz CT molecular complexity index is 885. The molecule has 0 radical (unpaired) electrons. The van der Waals surface area contributed by atoms with E-state index in [1.807, 2.05) is 43.8 Å². The number of nitrogens with one attached hydrogen (secondary N) is 2. The second-order valence-electron chi connectivity index (χ2n) is 6.11. The maximum absolute atomic E-state index is 12.3. The quantitative estimate of drug-likeness (QED) is 0.495. The number of carbonyl (C=O) groups is 1. The predicted molar refractivity (Wildman–Crippen MR) is 104 cm³/mol. The molecule has 3 rings (SSSR count). The summed E-state index contributed by atoms with van der Waals surface area (Å²) in [5.74, 6) is 0.833. The molecule has 3 aromatic rings. The van der Waals surface area contributed by atoms with Gasteiger partial charge in [0.15, 0.2) is 0 Å². The van der Waals surface area contributed by atoms with Crippen LogP contribution < -0.4 is 5.32 Å². The van der Waals surface area contributed by atoms with Gasteiger partial charge in [0, 0.05) is 29.7 Å². The minimum absolute atomic E-state index is 0.132. The second-order valence-corrected chi connectivity index (χ2v) is 7.28. The first kappa shape index (κ1) is 18.3. The van der Waals surface area contributed by atoms with Crippen LogP contribution in [-0.4, -0.2) is 38.2 Å². The van der Waals surface area contributed by atoms with Gasteiger partial charge in [-0.2, -0.15) is 10.2 Å². The number of H-pyrrole nitrogens is 1. The van der Waals surface area contributed by atoms with Gasteiger partial charge in [-0.3, -0.25) is 14.6 Å². The first-order chi connectivity index (χ1) is 12.6. The fourth-order valence-corrected chi connectivity index (χ4v) is 3.66. The normalized spacial score (nSPS) is 10.9. The van der Waals surface area contributed by atoms with Crippen molar-refractivity contribution in [2.75, 3.05) is 12.3 Å². The summed E-state index contributed by atoms with van der Waals surface area (Å²) in [5.41, 5.74) is 4.12.